The topological polar surface area (TPSA) is 111 Å². The van der Waals surface area contributed by atoms with E-state index >= 15 is 4.39 Å². The minimum Gasteiger partial charge on any atom is -0.487 e. The second-order valence-corrected chi connectivity index (χ2v) is 8.00. The second kappa shape index (κ2) is 6.76. The summed E-state index contributed by atoms with van der Waals surface area (Å²) >= 11 is 0. The lowest BCUT2D eigenvalue weighted by Crippen LogP contribution is -2.27. The number of rotatable bonds is 3. The van der Waals surface area contributed by atoms with Crippen LogP contribution in [0, 0.1) is 17.1 Å². The Morgan fingerprint density at radius 3 is 3.00 bits per heavy atom. The number of anilines is 2. The molecule has 9 heteroatoms. The lowest BCUT2D eigenvalue weighted by Gasteiger charge is -2.30. The van der Waals surface area contributed by atoms with Crippen LogP contribution in [0.15, 0.2) is 29.5 Å². The van der Waals surface area contributed by atoms with Crippen LogP contribution in [-0.4, -0.2) is 27.0 Å². The summed E-state index contributed by atoms with van der Waals surface area (Å²) in [6.07, 6.45) is 7.74. The van der Waals surface area contributed by atoms with E-state index in [0.717, 1.165) is 19.3 Å². The molecule has 0 radical (unpaired) electrons. The van der Waals surface area contributed by atoms with Crippen molar-refractivity contribution in [3.05, 3.63) is 46.3 Å². The molecule has 0 spiro atoms. The van der Waals surface area contributed by atoms with Crippen molar-refractivity contribution in [2.75, 3.05) is 17.7 Å². The molecule has 1 aliphatic carbocycles. The highest BCUT2D eigenvalue weighted by molar-refractivity contribution is 6.00. The molecule has 1 aromatic carbocycles. The summed E-state index contributed by atoms with van der Waals surface area (Å²) in [4.78, 5) is 12.7. The summed E-state index contributed by atoms with van der Waals surface area (Å²) in [6, 6.07) is 3.91. The minimum atomic E-state index is -0.715. The summed E-state index contributed by atoms with van der Waals surface area (Å²) in [5.41, 5.74) is 5.79. The molecule has 1 fully saturated rings. The number of nitriles is 1. The lowest BCUT2D eigenvalue weighted by atomic mass is 10.0. The summed E-state index contributed by atoms with van der Waals surface area (Å²) in [5, 5.41) is 16.9. The molecular formula is C21H21FN6O2. The smallest absolute Gasteiger partial charge is 0.209 e. The first-order valence-corrected chi connectivity index (χ1v) is 9.98. The highest BCUT2D eigenvalue weighted by Gasteiger charge is 2.32. The average Bonchev–Trinajstić information content (AvgIpc) is 3.42. The number of ether oxygens (including phenoxy) is 1. The van der Waals surface area contributed by atoms with Gasteiger partial charge in [-0.3, -0.25) is 9.48 Å². The van der Waals surface area contributed by atoms with E-state index in [1.807, 2.05) is 29.9 Å². The molecule has 3 N–H and O–H groups in total. The van der Waals surface area contributed by atoms with E-state index in [4.69, 9.17) is 10.5 Å². The van der Waals surface area contributed by atoms with Gasteiger partial charge in [0.2, 0.25) is 5.43 Å². The van der Waals surface area contributed by atoms with E-state index < -0.39 is 11.2 Å². The van der Waals surface area contributed by atoms with Gasteiger partial charge in [0.15, 0.2) is 11.6 Å². The van der Waals surface area contributed by atoms with Crippen LogP contribution < -0.4 is 21.2 Å². The molecule has 30 heavy (non-hydrogen) atoms. The molecule has 0 saturated heterocycles. The molecule has 2 aromatic heterocycles. The zero-order valence-corrected chi connectivity index (χ0v) is 16.4. The molecule has 3 atom stereocenters. The summed E-state index contributed by atoms with van der Waals surface area (Å²) in [6.45, 7) is 2.21. The van der Waals surface area contributed by atoms with Crippen LogP contribution in [-0.2, 0) is 0 Å². The SMILES string of the molecule is C[C@H]1COc2c(N[C@H]3CC[C@H](n4cccn4)C3)c(F)c(N)c3c(=O)c(C#N)cn1c23. The number of nitrogens with two attached hydrogens (primary N) is 1. The summed E-state index contributed by atoms with van der Waals surface area (Å²) in [7, 11) is 0. The van der Waals surface area contributed by atoms with Crippen molar-refractivity contribution in [3.8, 4) is 11.8 Å². The van der Waals surface area contributed by atoms with Crippen molar-refractivity contribution in [3.63, 3.8) is 0 Å². The molecule has 3 aromatic rings. The molecule has 1 aliphatic heterocycles. The molecule has 0 bridgehead atoms. The molecule has 154 valence electrons. The van der Waals surface area contributed by atoms with Crippen molar-refractivity contribution in [1.82, 2.24) is 14.3 Å². The Labute approximate surface area is 171 Å². The van der Waals surface area contributed by atoms with Gasteiger partial charge in [-0.2, -0.15) is 10.4 Å². The highest BCUT2D eigenvalue weighted by Crippen LogP contribution is 2.44. The quantitative estimate of drug-likeness (QED) is 0.645. The van der Waals surface area contributed by atoms with Crippen LogP contribution in [0.1, 0.15) is 43.8 Å². The Hall–Kier alpha value is -3.54. The largest absolute Gasteiger partial charge is 0.487 e. The van der Waals surface area contributed by atoms with E-state index in [0.29, 0.717) is 12.1 Å². The van der Waals surface area contributed by atoms with Crippen LogP contribution in [0.2, 0.25) is 0 Å². The first-order valence-electron chi connectivity index (χ1n) is 9.98. The third-order valence-electron chi connectivity index (χ3n) is 6.12. The zero-order chi connectivity index (χ0) is 21.0. The lowest BCUT2D eigenvalue weighted by molar-refractivity contribution is 0.247. The molecule has 3 heterocycles. The predicted molar refractivity (Wildman–Crippen MR) is 110 cm³/mol. The number of nitrogens with one attached hydrogen (secondary N) is 1. The number of halogens is 1. The van der Waals surface area contributed by atoms with Crippen LogP contribution in [0.4, 0.5) is 15.8 Å². The van der Waals surface area contributed by atoms with E-state index in [1.165, 1.54) is 6.20 Å². The zero-order valence-electron chi connectivity index (χ0n) is 16.4. The summed E-state index contributed by atoms with van der Waals surface area (Å²) < 4.78 is 25.0. The van der Waals surface area contributed by atoms with E-state index in [-0.39, 0.29) is 46.2 Å². The number of hydrogen-bond donors (Lipinski definition) is 2. The van der Waals surface area contributed by atoms with Gasteiger partial charge >= 0.3 is 0 Å². The van der Waals surface area contributed by atoms with Gasteiger partial charge in [0.25, 0.3) is 0 Å². The third-order valence-corrected chi connectivity index (χ3v) is 6.12. The number of aromatic nitrogens is 3. The van der Waals surface area contributed by atoms with E-state index in [2.05, 4.69) is 10.4 Å². The monoisotopic (exact) mass is 408 g/mol. The van der Waals surface area contributed by atoms with Crippen LogP contribution in [0.25, 0.3) is 10.9 Å². The number of pyridine rings is 1. The molecule has 8 nitrogen and oxygen atoms in total. The molecule has 5 rings (SSSR count). The van der Waals surface area contributed by atoms with Gasteiger partial charge in [-0.05, 0) is 32.3 Å². The second-order valence-electron chi connectivity index (χ2n) is 8.00. The van der Waals surface area contributed by atoms with Gasteiger partial charge < -0.3 is 20.4 Å². The number of benzene rings is 1. The molecule has 0 unspecified atom stereocenters. The van der Waals surface area contributed by atoms with Crippen LogP contribution in [0.3, 0.4) is 0 Å². The third kappa shape index (κ3) is 2.64. The van der Waals surface area contributed by atoms with Gasteiger partial charge in [0, 0.05) is 24.6 Å². The van der Waals surface area contributed by atoms with Gasteiger partial charge in [0.05, 0.1) is 28.7 Å². The Bertz CT molecular complexity index is 1240. The number of hydrogen-bond acceptors (Lipinski definition) is 6. The van der Waals surface area contributed by atoms with Crippen molar-refractivity contribution in [2.24, 2.45) is 0 Å². The maximum absolute atomic E-state index is 15.4. The van der Waals surface area contributed by atoms with E-state index in [1.54, 1.807) is 10.8 Å². The number of nitrogen functional groups attached to an aromatic ring is 1. The number of nitrogens with zero attached hydrogens (tertiary/aromatic N) is 4. The van der Waals surface area contributed by atoms with Crippen molar-refractivity contribution in [2.45, 2.75) is 44.3 Å². The fourth-order valence-corrected chi connectivity index (χ4v) is 4.59. The van der Waals surface area contributed by atoms with Gasteiger partial charge in [0.1, 0.15) is 23.9 Å². The first-order chi connectivity index (χ1) is 14.5. The molecule has 0 amide bonds. The molecule has 1 saturated carbocycles. The van der Waals surface area contributed by atoms with E-state index in [9.17, 15) is 10.1 Å². The highest BCUT2D eigenvalue weighted by atomic mass is 19.1. The van der Waals surface area contributed by atoms with Crippen LogP contribution in [0.5, 0.6) is 5.75 Å². The summed E-state index contributed by atoms with van der Waals surface area (Å²) in [5.74, 6) is -0.438. The van der Waals surface area contributed by atoms with Gasteiger partial charge in [-0.15, -0.1) is 0 Å². The Kier molecular flexibility index (Phi) is 4.17. The van der Waals surface area contributed by atoms with Crippen molar-refractivity contribution in [1.29, 1.82) is 5.26 Å². The predicted octanol–water partition coefficient (Wildman–Crippen LogP) is 2.95. The van der Waals surface area contributed by atoms with Crippen molar-refractivity contribution >= 4 is 22.3 Å². The Morgan fingerprint density at radius 2 is 2.27 bits per heavy atom. The van der Waals surface area contributed by atoms with Gasteiger partial charge in [-0.1, -0.05) is 0 Å². The standard InChI is InChI=1S/C21H21FN6O2/c1-11-10-30-21-18(26-13-3-4-14(7-13)28-6-2-5-25-28)16(22)17(24)15-19(21)27(11)9-12(8-23)20(15)29/h2,5-6,9,11,13-14,26H,3-4,7,10,24H2,1H3/t11-,13-,14-/m0/s1. The molecular weight excluding hydrogens is 387 g/mol. The Morgan fingerprint density at radius 1 is 1.43 bits per heavy atom. The van der Waals surface area contributed by atoms with Gasteiger partial charge in [-0.25, -0.2) is 4.39 Å². The van der Waals surface area contributed by atoms with Crippen LogP contribution >= 0.6 is 0 Å². The average molecular weight is 408 g/mol. The maximum Gasteiger partial charge on any atom is 0.209 e. The maximum atomic E-state index is 15.4. The Balaban J connectivity index is 1.61. The minimum absolute atomic E-state index is 0.000473. The molecule has 2 aliphatic rings. The first kappa shape index (κ1) is 18.5. The fourth-order valence-electron chi connectivity index (χ4n) is 4.59. The fraction of sp³-hybridized carbons (Fsp3) is 0.381. The van der Waals surface area contributed by atoms with Crippen molar-refractivity contribution < 1.29 is 9.13 Å². The normalized spacial score (nSPS) is 22.6.